The van der Waals surface area contributed by atoms with Gasteiger partial charge < -0.3 is 25.0 Å². The molecule has 1 aromatic heterocycles. The Balaban J connectivity index is 1.79. The molecular weight excluding hydrogens is 360 g/mol. The van der Waals surface area contributed by atoms with Gasteiger partial charge in [-0.05, 0) is 50.5 Å². The van der Waals surface area contributed by atoms with Crippen molar-refractivity contribution in [3.8, 4) is 11.5 Å². The van der Waals surface area contributed by atoms with Crippen molar-refractivity contribution in [2.75, 3.05) is 47.4 Å². The Morgan fingerprint density at radius 3 is 2.36 bits per heavy atom. The van der Waals surface area contributed by atoms with Crippen molar-refractivity contribution < 1.29 is 19.1 Å². The fraction of sp³-hybridized carbons (Fsp3) is 0.350. The first-order valence-electron chi connectivity index (χ1n) is 8.93. The van der Waals surface area contributed by atoms with Crippen LogP contribution in [0.4, 0.5) is 0 Å². The maximum absolute atomic E-state index is 12.3. The fourth-order valence-electron chi connectivity index (χ4n) is 2.29. The minimum atomic E-state index is -0.306. The molecule has 0 saturated carbocycles. The summed E-state index contributed by atoms with van der Waals surface area (Å²) in [6, 6.07) is 10.2. The molecular formula is C20H26N4O4. The lowest BCUT2D eigenvalue weighted by Crippen LogP contribution is -2.32. The van der Waals surface area contributed by atoms with Crippen LogP contribution in [0.3, 0.4) is 0 Å². The van der Waals surface area contributed by atoms with Gasteiger partial charge in [0.15, 0.2) is 0 Å². The standard InChI is InChI=1S/C20H26N4O4/c1-24(2)12-10-22-20(26)18-14-15(8-9-21-18)19(25)23-11-13-28-17-6-4-16(27-3)5-7-17/h4-9,14H,10-13H2,1-3H3,(H,22,26)(H,23,25). The van der Waals surface area contributed by atoms with Gasteiger partial charge in [0.2, 0.25) is 0 Å². The smallest absolute Gasteiger partial charge is 0.269 e. The molecule has 8 nitrogen and oxygen atoms in total. The van der Waals surface area contributed by atoms with Crippen molar-refractivity contribution in [1.82, 2.24) is 20.5 Å². The Bertz CT molecular complexity index is 778. The molecule has 8 heteroatoms. The predicted molar refractivity (Wildman–Crippen MR) is 106 cm³/mol. The molecule has 28 heavy (non-hydrogen) atoms. The Kier molecular flexibility index (Phi) is 8.23. The van der Waals surface area contributed by atoms with Crippen LogP contribution in [-0.2, 0) is 0 Å². The third-order valence-electron chi connectivity index (χ3n) is 3.82. The van der Waals surface area contributed by atoms with E-state index in [1.807, 2.05) is 19.0 Å². The van der Waals surface area contributed by atoms with E-state index in [2.05, 4.69) is 15.6 Å². The number of methoxy groups -OCH3 is 1. The second-order valence-corrected chi connectivity index (χ2v) is 6.27. The van der Waals surface area contributed by atoms with Gasteiger partial charge in [0.25, 0.3) is 11.8 Å². The molecule has 0 atom stereocenters. The van der Waals surface area contributed by atoms with E-state index in [-0.39, 0.29) is 17.5 Å². The topological polar surface area (TPSA) is 92.8 Å². The number of benzene rings is 1. The highest BCUT2D eigenvalue weighted by Crippen LogP contribution is 2.16. The van der Waals surface area contributed by atoms with Crippen LogP contribution in [-0.4, -0.2) is 69.1 Å². The normalized spacial score (nSPS) is 10.4. The molecule has 2 rings (SSSR count). The molecule has 150 valence electrons. The Morgan fingerprint density at radius 1 is 1.00 bits per heavy atom. The molecule has 0 bridgehead atoms. The molecule has 0 spiro atoms. The number of carbonyl (C=O) groups is 2. The van der Waals surface area contributed by atoms with Crippen molar-refractivity contribution in [2.45, 2.75) is 0 Å². The first-order valence-corrected chi connectivity index (χ1v) is 8.93. The second kappa shape index (κ2) is 10.9. The first kappa shape index (κ1) is 21.2. The highest BCUT2D eigenvalue weighted by atomic mass is 16.5. The summed E-state index contributed by atoms with van der Waals surface area (Å²) >= 11 is 0. The van der Waals surface area contributed by atoms with Crippen molar-refractivity contribution >= 4 is 11.8 Å². The summed E-state index contributed by atoms with van der Waals surface area (Å²) in [5.74, 6) is 0.845. The van der Waals surface area contributed by atoms with Gasteiger partial charge in [-0.25, -0.2) is 0 Å². The van der Waals surface area contributed by atoms with E-state index in [1.165, 1.54) is 12.3 Å². The van der Waals surface area contributed by atoms with E-state index in [9.17, 15) is 9.59 Å². The molecule has 0 unspecified atom stereocenters. The zero-order valence-corrected chi connectivity index (χ0v) is 16.4. The number of hydrogen-bond donors (Lipinski definition) is 2. The lowest BCUT2D eigenvalue weighted by molar-refractivity contribution is 0.0946. The average Bonchev–Trinajstić information content (AvgIpc) is 2.71. The maximum atomic E-state index is 12.3. The SMILES string of the molecule is COc1ccc(OCCNC(=O)c2ccnc(C(=O)NCCN(C)C)c2)cc1. The van der Waals surface area contributed by atoms with Crippen molar-refractivity contribution in [2.24, 2.45) is 0 Å². The van der Waals surface area contributed by atoms with Crippen molar-refractivity contribution in [3.63, 3.8) is 0 Å². The maximum Gasteiger partial charge on any atom is 0.269 e. The molecule has 2 amide bonds. The van der Waals surface area contributed by atoms with Gasteiger partial charge in [-0.3, -0.25) is 14.6 Å². The number of hydrogen-bond acceptors (Lipinski definition) is 6. The molecule has 0 radical (unpaired) electrons. The summed E-state index contributed by atoms with van der Waals surface area (Å²) in [7, 11) is 5.45. The number of rotatable bonds is 10. The van der Waals surface area contributed by atoms with Crippen LogP contribution in [0, 0.1) is 0 Å². The largest absolute Gasteiger partial charge is 0.497 e. The lowest BCUT2D eigenvalue weighted by atomic mass is 10.2. The summed E-state index contributed by atoms with van der Waals surface area (Å²) in [6.07, 6.45) is 1.45. The average molecular weight is 386 g/mol. The monoisotopic (exact) mass is 386 g/mol. The molecule has 1 heterocycles. The van der Waals surface area contributed by atoms with Crippen LogP contribution in [0.15, 0.2) is 42.6 Å². The zero-order valence-electron chi connectivity index (χ0n) is 16.4. The van der Waals surface area contributed by atoms with Crippen LogP contribution >= 0.6 is 0 Å². The first-order chi connectivity index (χ1) is 13.5. The number of aromatic nitrogens is 1. The summed E-state index contributed by atoms with van der Waals surface area (Å²) in [5, 5.41) is 5.53. The number of ether oxygens (including phenoxy) is 2. The third-order valence-corrected chi connectivity index (χ3v) is 3.82. The molecule has 2 N–H and O–H groups in total. The second-order valence-electron chi connectivity index (χ2n) is 6.27. The van der Waals surface area contributed by atoms with E-state index in [4.69, 9.17) is 9.47 Å². The van der Waals surface area contributed by atoms with Gasteiger partial charge in [-0.1, -0.05) is 0 Å². The summed E-state index contributed by atoms with van der Waals surface area (Å²) < 4.78 is 10.7. The zero-order chi connectivity index (χ0) is 20.4. The Hall–Kier alpha value is -3.13. The van der Waals surface area contributed by atoms with Gasteiger partial charge in [0, 0.05) is 24.8 Å². The van der Waals surface area contributed by atoms with E-state index in [0.717, 1.165) is 12.3 Å². The Labute approximate surface area is 164 Å². The summed E-state index contributed by atoms with van der Waals surface area (Å²) in [6.45, 7) is 1.88. The van der Waals surface area contributed by atoms with Crippen LogP contribution in [0.5, 0.6) is 11.5 Å². The third kappa shape index (κ3) is 6.88. The van der Waals surface area contributed by atoms with Crippen LogP contribution in [0.2, 0.25) is 0 Å². The molecule has 0 aliphatic heterocycles. The van der Waals surface area contributed by atoms with Crippen LogP contribution < -0.4 is 20.1 Å². The number of likely N-dealkylation sites (N-methyl/N-ethyl adjacent to an activating group) is 1. The van der Waals surface area contributed by atoms with E-state index < -0.39 is 0 Å². The van der Waals surface area contributed by atoms with Crippen LogP contribution in [0.25, 0.3) is 0 Å². The highest BCUT2D eigenvalue weighted by Gasteiger charge is 2.11. The van der Waals surface area contributed by atoms with Crippen molar-refractivity contribution in [1.29, 1.82) is 0 Å². The van der Waals surface area contributed by atoms with Crippen LogP contribution in [0.1, 0.15) is 20.8 Å². The number of nitrogens with zero attached hydrogens (tertiary/aromatic N) is 2. The van der Waals surface area contributed by atoms with E-state index >= 15 is 0 Å². The fourth-order valence-corrected chi connectivity index (χ4v) is 2.29. The quantitative estimate of drug-likeness (QED) is 0.596. The predicted octanol–water partition coefficient (Wildman–Crippen LogP) is 1.19. The van der Waals surface area contributed by atoms with Gasteiger partial charge in [0.05, 0.1) is 13.7 Å². The Morgan fingerprint density at radius 2 is 1.68 bits per heavy atom. The minimum Gasteiger partial charge on any atom is -0.497 e. The summed E-state index contributed by atoms with van der Waals surface area (Å²) in [5.41, 5.74) is 0.582. The van der Waals surface area contributed by atoms with Gasteiger partial charge in [-0.15, -0.1) is 0 Å². The van der Waals surface area contributed by atoms with Gasteiger partial charge in [0.1, 0.15) is 23.8 Å². The lowest BCUT2D eigenvalue weighted by Gasteiger charge is -2.11. The number of pyridine rings is 1. The molecule has 0 saturated heterocycles. The van der Waals surface area contributed by atoms with Crippen molar-refractivity contribution in [3.05, 3.63) is 53.9 Å². The number of amides is 2. The number of nitrogens with one attached hydrogen (secondary N) is 2. The molecule has 0 aliphatic rings. The molecule has 0 aliphatic carbocycles. The minimum absolute atomic E-state index is 0.209. The van der Waals surface area contributed by atoms with Gasteiger partial charge >= 0.3 is 0 Å². The highest BCUT2D eigenvalue weighted by molar-refractivity contribution is 5.98. The molecule has 0 fully saturated rings. The number of carbonyl (C=O) groups excluding carboxylic acids is 2. The van der Waals surface area contributed by atoms with E-state index in [1.54, 1.807) is 37.4 Å². The molecule has 2 aromatic rings. The van der Waals surface area contributed by atoms with E-state index in [0.29, 0.717) is 31.0 Å². The molecule has 1 aromatic carbocycles. The summed E-state index contributed by atoms with van der Waals surface area (Å²) in [4.78, 5) is 30.4. The van der Waals surface area contributed by atoms with Gasteiger partial charge in [-0.2, -0.15) is 0 Å².